The van der Waals surface area contributed by atoms with Crippen LogP contribution in [0.15, 0.2) is 85.2 Å². The number of rotatable bonds is 4. The highest BCUT2D eigenvalue weighted by atomic mass is 16.6. The van der Waals surface area contributed by atoms with Crippen molar-refractivity contribution >= 4 is 17.5 Å². The van der Waals surface area contributed by atoms with Gasteiger partial charge in [-0.1, -0.05) is 72.3 Å². The van der Waals surface area contributed by atoms with Crippen molar-refractivity contribution in [3.8, 4) is 0 Å². The summed E-state index contributed by atoms with van der Waals surface area (Å²) in [6, 6.07) is 23.4. The topological polar surface area (TPSA) is 94.2 Å². The van der Waals surface area contributed by atoms with Gasteiger partial charge in [0.1, 0.15) is 11.9 Å². The molecule has 1 aliphatic heterocycles. The first-order valence-electron chi connectivity index (χ1n) is 10.6. The molecular weight excluding hydrogens is 418 g/mol. The first-order valence-corrected chi connectivity index (χ1v) is 10.6. The number of carbonyl (C=O) groups is 1. The zero-order chi connectivity index (χ0) is 22.9. The molecule has 164 valence electrons. The van der Waals surface area contributed by atoms with Gasteiger partial charge in [0.25, 0.3) is 11.6 Å². The second-order valence-corrected chi connectivity index (χ2v) is 8.04. The summed E-state index contributed by atoms with van der Waals surface area (Å²) in [5.41, 5.74) is 2.93. The van der Waals surface area contributed by atoms with Crippen molar-refractivity contribution in [2.24, 2.45) is 0 Å². The van der Waals surface area contributed by atoms with Crippen molar-refractivity contribution in [3.05, 3.63) is 118 Å². The van der Waals surface area contributed by atoms with Crippen LogP contribution < -0.4 is 4.90 Å². The standard InChI is InChI=1S/C25H21N5O3/c1-17-11-13-19(14-12-17)23-15-22(18-7-3-2-4-8-18)28(25-26-16-27-29(23)25)24(31)20-9-5-6-10-21(20)30(32)33/h2-14,16,22-23H,15H2,1H3/t22-,23-/m0/s1. The fourth-order valence-corrected chi connectivity index (χ4v) is 4.39. The Kier molecular flexibility index (Phi) is 5.18. The van der Waals surface area contributed by atoms with Gasteiger partial charge in [-0.2, -0.15) is 10.1 Å². The molecule has 0 bridgehead atoms. The third-order valence-electron chi connectivity index (χ3n) is 6.02. The number of amides is 1. The van der Waals surface area contributed by atoms with E-state index in [1.165, 1.54) is 23.4 Å². The van der Waals surface area contributed by atoms with Gasteiger partial charge in [0.2, 0.25) is 5.95 Å². The zero-order valence-electron chi connectivity index (χ0n) is 17.9. The monoisotopic (exact) mass is 439 g/mol. The Morgan fingerprint density at radius 1 is 0.939 bits per heavy atom. The summed E-state index contributed by atoms with van der Waals surface area (Å²) >= 11 is 0. The summed E-state index contributed by atoms with van der Waals surface area (Å²) in [7, 11) is 0. The minimum absolute atomic E-state index is 0.0202. The van der Waals surface area contributed by atoms with Crippen molar-refractivity contribution in [2.75, 3.05) is 4.90 Å². The number of hydrogen-bond acceptors (Lipinski definition) is 5. The number of carbonyl (C=O) groups excluding carboxylic acids is 1. The fourth-order valence-electron chi connectivity index (χ4n) is 4.39. The highest BCUT2D eigenvalue weighted by molar-refractivity contribution is 6.08. The van der Waals surface area contributed by atoms with Gasteiger partial charge in [-0.15, -0.1) is 0 Å². The third-order valence-corrected chi connectivity index (χ3v) is 6.02. The molecule has 1 amide bonds. The van der Waals surface area contributed by atoms with E-state index in [2.05, 4.69) is 22.2 Å². The number of para-hydroxylation sites is 1. The Bertz CT molecular complexity index is 1320. The molecule has 0 unspecified atom stereocenters. The van der Waals surface area contributed by atoms with Crippen LogP contribution >= 0.6 is 0 Å². The van der Waals surface area contributed by atoms with Crippen LogP contribution in [0.5, 0.6) is 0 Å². The minimum Gasteiger partial charge on any atom is -0.269 e. The van der Waals surface area contributed by atoms with E-state index in [1.807, 2.05) is 49.4 Å². The average molecular weight is 439 g/mol. The largest absolute Gasteiger partial charge is 0.282 e. The maximum atomic E-state index is 13.8. The third kappa shape index (κ3) is 3.65. The molecule has 8 nitrogen and oxygen atoms in total. The normalized spacial score (nSPS) is 17.4. The van der Waals surface area contributed by atoms with Gasteiger partial charge in [-0.25, -0.2) is 4.68 Å². The lowest BCUT2D eigenvalue weighted by atomic mass is 9.91. The molecular formula is C25H21N5O3. The predicted octanol–water partition coefficient (Wildman–Crippen LogP) is 4.88. The van der Waals surface area contributed by atoms with E-state index in [0.717, 1.165) is 16.7 Å². The van der Waals surface area contributed by atoms with Gasteiger partial charge in [0.15, 0.2) is 0 Å². The average Bonchev–Trinajstić information content (AvgIpc) is 3.33. The fraction of sp³-hybridized carbons (Fsp3) is 0.160. The van der Waals surface area contributed by atoms with Crippen molar-refractivity contribution in [3.63, 3.8) is 0 Å². The molecule has 1 aliphatic rings. The quantitative estimate of drug-likeness (QED) is 0.334. The van der Waals surface area contributed by atoms with Crippen LogP contribution in [0.1, 0.15) is 45.6 Å². The smallest absolute Gasteiger partial charge is 0.269 e. The summed E-state index contributed by atoms with van der Waals surface area (Å²) in [5, 5.41) is 16.0. The van der Waals surface area contributed by atoms with Gasteiger partial charge in [-0.3, -0.25) is 19.8 Å². The van der Waals surface area contributed by atoms with Gasteiger partial charge in [0.05, 0.1) is 17.0 Å². The molecule has 2 heterocycles. The maximum Gasteiger partial charge on any atom is 0.282 e. The number of nitro groups is 1. The summed E-state index contributed by atoms with van der Waals surface area (Å²) in [5.74, 6) is -0.114. The highest BCUT2D eigenvalue weighted by Crippen LogP contribution is 2.43. The molecule has 0 aliphatic carbocycles. The van der Waals surface area contributed by atoms with Gasteiger partial charge < -0.3 is 0 Å². The van der Waals surface area contributed by atoms with Gasteiger partial charge in [-0.05, 0) is 30.5 Å². The summed E-state index contributed by atoms with van der Waals surface area (Å²) in [6.07, 6.45) is 1.97. The molecule has 2 atom stereocenters. The molecule has 0 spiro atoms. The van der Waals surface area contributed by atoms with Crippen LogP contribution in [0.2, 0.25) is 0 Å². The molecule has 0 saturated heterocycles. The molecule has 33 heavy (non-hydrogen) atoms. The van der Waals surface area contributed by atoms with Crippen LogP contribution in [0.25, 0.3) is 0 Å². The lowest BCUT2D eigenvalue weighted by molar-refractivity contribution is -0.385. The lowest BCUT2D eigenvalue weighted by Crippen LogP contribution is -2.42. The number of aryl methyl sites for hydroxylation is 1. The molecule has 8 heteroatoms. The Balaban J connectivity index is 1.67. The molecule has 4 aromatic rings. The van der Waals surface area contributed by atoms with E-state index in [0.29, 0.717) is 12.4 Å². The predicted molar refractivity (Wildman–Crippen MR) is 123 cm³/mol. The van der Waals surface area contributed by atoms with Crippen LogP contribution in [0, 0.1) is 17.0 Å². The van der Waals surface area contributed by atoms with E-state index in [4.69, 9.17) is 0 Å². The zero-order valence-corrected chi connectivity index (χ0v) is 17.9. The highest BCUT2D eigenvalue weighted by Gasteiger charge is 2.41. The lowest BCUT2D eigenvalue weighted by Gasteiger charge is -2.39. The van der Waals surface area contributed by atoms with Gasteiger partial charge in [0, 0.05) is 6.07 Å². The molecule has 0 saturated carbocycles. The number of nitro benzene ring substituents is 1. The number of hydrogen-bond donors (Lipinski definition) is 0. The number of fused-ring (bicyclic) bond motifs is 1. The van der Waals surface area contributed by atoms with Crippen LogP contribution in [-0.4, -0.2) is 25.6 Å². The maximum absolute atomic E-state index is 13.8. The molecule has 5 rings (SSSR count). The number of aromatic nitrogens is 3. The number of nitrogens with zero attached hydrogens (tertiary/aromatic N) is 5. The SMILES string of the molecule is Cc1ccc([C@@H]2C[C@@H](c3ccccc3)N(C(=O)c3ccccc3[N+](=O)[O-])c3ncnn32)cc1. The molecule has 0 fully saturated rings. The second-order valence-electron chi connectivity index (χ2n) is 8.04. The van der Waals surface area contributed by atoms with Crippen molar-refractivity contribution in [2.45, 2.75) is 25.4 Å². The number of benzene rings is 3. The van der Waals surface area contributed by atoms with Crippen LogP contribution in [0.4, 0.5) is 11.6 Å². The summed E-state index contributed by atoms with van der Waals surface area (Å²) in [4.78, 5) is 30.8. The van der Waals surface area contributed by atoms with E-state index < -0.39 is 10.8 Å². The Labute approximate surface area is 190 Å². The molecule has 3 aromatic carbocycles. The van der Waals surface area contributed by atoms with E-state index in [9.17, 15) is 14.9 Å². The second kappa shape index (κ2) is 8.31. The summed E-state index contributed by atoms with van der Waals surface area (Å²) < 4.78 is 1.73. The number of anilines is 1. The first-order chi connectivity index (χ1) is 16.0. The van der Waals surface area contributed by atoms with E-state index in [-0.39, 0.29) is 23.3 Å². The first kappa shape index (κ1) is 20.6. The Morgan fingerprint density at radius 3 is 2.33 bits per heavy atom. The summed E-state index contributed by atoms with van der Waals surface area (Å²) in [6.45, 7) is 2.03. The molecule has 0 N–H and O–H groups in total. The minimum atomic E-state index is -0.533. The van der Waals surface area contributed by atoms with Crippen LogP contribution in [0.3, 0.4) is 0 Å². The van der Waals surface area contributed by atoms with Crippen molar-refractivity contribution in [1.82, 2.24) is 14.8 Å². The molecule has 1 aromatic heterocycles. The van der Waals surface area contributed by atoms with Crippen molar-refractivity contribution in [1.29, 1.82) is 0 Å². The Hall–Kier alpha value is -4.33. The van der Waals surface area contributed by atoms with Crippen molar-refractivity contribution < 1.29 is 9.72 Å². The molecule has 0 radical (unpaired) electrons. The van der Waals surface area contributed by atoms with E-state index in [1.54, 1.807) is 16.8 Å². The Morgan fingerprint density at radius 2 is 1.61 bits per heavy atom. The van der Waals surface area contributed by atoms with E-state index >= 15 is 0 Å². The van der Waals surface area contributed by atoms with Gasteiger partial charge >= 0.3 is 0 Å². The van der Waals surface area contributed by atoms with Crippen LogP contribution in [-0.2, 0) is 0 Å².